The topological polar surface area (TPSA) is 80.2 Å². The molecule has 0 spiro atoms. The van der Waals surface area contributed by atoms with E-state index < -0.39 is 45.2 Å². The van der Waals surface area contributed by atoms with Crippen LogP contribution >= 0.6 is 0 Å². The van der Waals surface area contributed by atoms with Gasteiger partial charge in [-0.3, -0.25) is 4.79 Å². The van der Waals surface area contributed by atoms with Crippen molar-refractivity contribution in [3.05, 3.63) is 47.8 Å². The van der Waals surface area contributed by atoms with Gasteiger partial charge in [0.15, 0.2) is 11.6 Å². The maximum Gasteiger partial charge on any atom is 0.402 e. The molecule has 0 aliphatic heterocycles. The minimum atomic E-state index is -4.74. The van der Waals surface area contributed by atoms with Crippen molar-refractivity contribution < 1.29 is 35.2 Å². The van der Waals surface area contributed by atoms with E-state index in [0.717, 1.165) is 35.0 Å². The Labute approximate surface area is 144 Å². The molecule has 0 radical (unpaired) electrons. The van der Waals surface area contributed by atoms with Crippen molar-refractivity contribution in [3.8, 4) is 0 Å². The number of hydrogen-bond acceptors (Lipinski definition) is 3. The number of sulfonamides is 1. The smallest absolute Gasteiger partial charge is 0.345 e. The van der Waals surface area contributed by atoms with Gasteiger partial charge in [0.2, 0.25) is 10.0 Å². The summed E-state index contributed by atoms with van der Waals surface area (Å²) in [6.45, 7) is -1.76. The molecule has 0 unspecified atom stereocenters. The summed E-state index contributed by atoms with van der Waals surface area (Å²) in [5.74, 6) is -3.18. The van der Waals surface area contributed by atoms with Gasteiger partial charge in [-0.1, -0.05) is 0 Å². The van der Waals surface area contributed by atoms with Gasteiger partial charge in [0, 0.05) is 25.0 Å². The maximum absolute atomic E-state index is 13.1. The summed E-state index contributed by atoms with van der Waals surface area (Å²) in [5, 5.41) is 2.23. The molecule has 12 heteroatoms. The van der Waals surface area contributed by atoms with Crippen LogP contribution in [0.5, 0.6) is 0 Å². The molecule has 1 amide bonds. The molecule has 2 rings (SSSR count). The van der Waals surface area contributed by atoms with Gasteiger partial charge < -0.3 is 9.88 Å². The van der Waals surface area contributed by atoms with E-state index in [1.807, 2.05) is 0 Å². The Morgan fingerprint density at radius 3 is 2.38 bits per heavy atom. The van der Waals surface area contributed by atoms with Crippen LogP contribution in [0, 0.1) is 11.6 Å². The summed E-state index contributed by atoms with van der Waals surface area (Å²) in [5.41, 5.74) is -0.308. The summed E-state index contributed by atoms with van der Waals surface area (Å²) in [4.78, 5) is 11.6. The van der Waals surface area contributed by atoms with Crippen molar-refractivity contribution in [2.24, 2.45) is 7.05 Å². The third kappa shape index (κ3) is 4.79. The van der Waals surface area contributed by atoms with Crippen LogP contribution in [0.25, 0.3) is 0 Å². The number of aromatic nitrogens is 1. The number of benzene rings is 1. The van der Waals surface area contributed by atoms with Gasteiger partial charge in [0.1, 0.15) is 17.1 Å². The van der Waals surface area contributed by atoms with E-state index >= 15 is 0 Å². The van der Waals surface area contributed by atoms with Crippen LogP contribution in [0.1, 0.15) is 10.5 Å². The molecule has 0 saturated heterocycles. The standard InChI is InChI=1S/C14H12F5N3O3S/c1-22-6-9(26(24,25)20-7-14(17,18)19)5-12(22)13(23)21-8-2-3-10(15)11(16)4-8/h2-6,20H,7H2,1H3,(H,21,23). The number of hydrogen-bond donors (Lipinski definition) is 2. The van der Waals surface area contributed by atoms with E-state index in [1.54, 1.807) is 0 Å². The van der Waals surface area contributed by atoms with Gasteiger partial charge in [-0.25, -0.2) is 21.9 Å². The molecule has 2 aromatic rings. The zero-order chi connectivity index (χ0) is 19.7. The Balaban J connectivity index is 2.21. The van der Waals surface area contributed by atoms with Crippen molar-refractivity contribution in [1.29, 1.82) is 0 Å². The van der Waals surface area contributed by atoms with Gasteiger partial charge in [0.05, 0.1) is 0 Å². The molecule has 26 heavy (non-hydrogen) atoms. The molecule has 0 atom stereocenters. The largest absolute Gasteiger partial charge is 0.402 e. The normalized spacial score (nSPS) is 12.2. The van der Waals surface area contributed by atoms with E-state index in [-0.39, 0.29) is 11.4 Å². The van der Waals surface area contributed by atoms with E-state index in [0.29, 0.717) is 0 Å². The maximum atomic E-state index is 13.1. The third-order valence-corrected chi connectivity index (χ3v) is 4.53. The molecular formula is C14H12F5N3O3S. The zero-order valence-corrected chi connectivity index (χ0v) is 13.9. The predicted octanol–water partition coefficient (Wildman–Crippen LogP) is 2.40. The van der Waals surface area contributed by atoms with Crippen LogP contribution in [-0.4, -0.2) is 31.6 Å². The number of alkyl halides is 3. The lowest BCUT2D eigenvalue weighted by atomic mass is 10.3. The van der Waals surface area contributed by atoms with E-state index in [2.05, 4.69) is 5.32 Å². The van der Waals surface area contributed by atoms with Crippen molar-refractivity contribution in [1.82, 2.24) is 9.29 Å². The first-order valence-electron chi connectivity index (χ1n) is 6.88. The summed E-state index contributed by atoms with van der Waals surface area (Å²) >= 11 is 0. The molecule has 1 heterocycles. The minimum absolute atomic E-state index is 0.0882. The Hall–Kier alpha value is -2.47. The molecule has 142 valence electrons. The van der Waals surface area contributed by atoms with E-state index in [9.17, 15) is 35.2 Å². The highest BCUT2D eigenvalue weighted by Gasteiger charge is 2.31. The average Bonchev–Trinajstić information content (AvgIpc) is 2.91. The second kappa shape index (κ2) is 7.03. The Morgan fingerprint density at radius 1 is 1.15 bits per heavy atom. The highest BCUT2D eigenvalue weighted by molar-refractivity contribution is 7.89. The minimum Gasteiger partial charge on any atom is -0.345 e. The lowest BCUT2D eigenvalue weighted by Gasteiger charge is -2.07. The first-order chi connectivity index (χ1) is 11.9. The van der Waals surface area contributed by atoms with Gasteiger partial charge >= 0.3 is 6.18 Å². The number of nitrogens with zero attached hydrogens (tertiary/aromatic N) is 1. The number of rotatable bonds is 5. The SMILES string of the molecule is Cn1cc(S(=O)(=O)NCC(F)(F)F)cc1C(=O)Nc1ccc(F)c(F)c1. The summed E-state index contributed by atoms with van der Waals surface area (Å²) in [6.07, 6.45) is -3.80. The third-order valence-electron chi connectivity index (χ3n) is 3.16. The van der Waals surface area contributed by atoms with Gasteiger partial charge in [0.25, 0.3) is 5.91 Å². The fourth-order valence-corrected chi connectivity index (χ4v) is 3.02. The van der Waals surface area contributed by atoms with Crippen molar-refractivity contribution in [2.75, 3.05) is 11.9 Å². The lowest BCUT2D eigenvalue weighted by Crippen LogP contribution is -2.33. The fourth-order valence-electron chi connectivity index (χ4n) is 1.94. The molecule has 1 aromatic carbocycles. The number of carbonyl (C=O) groups excluding carboxylic acids is 1. The van der Waals surface area contributed by atoms with Crippen LogP contribution in [-0.2, 0) is 17.1 Å². The molecule has 1 aromatic heterocycles. The van der Waals surface area contributed by atoms with Gasteiger partial charge in [-0.15, -0.1) is 0 Å². The lowest BCUT2D eigenvalue weighted by molar-refractivity contribution is -0.121. The Bertz CT molecular complexity index is 938. The van der Waals surface area contributed by atoms with Gasteiger partial charge in [-0.05, 0) is 18.2 Å². The van der Waals surface area contributed by atoms with Crippen LogP contribution in [0.4, 0.5) is 27.6 Å². The molecular weight excluding hydrogens is 385 g/mol. The van der Waals surface area contributed by atoms with Crippen molar-refractivity contribution in [3.63, 3.8) is 0 Å². The zero-order valence-electron chi connectivity index (χ0n) is 13.1. The molecule has 0 bridgehead atoms. The molecule has 0 saturated carbocycles. The number of aryl methyl sites for hydroxylation is 1. The van der Waals surface area contributed by atoms with Crippen LogP contribution in [0.2, 0.25) is 0 Å². The van der Waals surface area contributed by atoms with E-state index in [4.69, 9.17) is 0 Å². The summed E-state index contributed by atoms with van der Waals surface area (Å²) in [7, 11) is -3.20. The van der Waals surface area contributed by atoms with Gasteiger partial charge in [-0.2, -0.15) is 13.2 Å². The summed E-state index contributed by atoms with van der Waals surface area (Å²) in [6, 6.07) is 3.45. The second-order valence-electron chi connectivity index (χ2n) is 5.19. The van der Waals surface area contributed by atoms with Crippen molar-refractivity contribution >= 4 is 21.6 Å². The highest BCUT2D eigenvalue weighted by Crippen LogP contribution is 2.19. The first kappa shape index (κ1) is 19.8. The van der Waals surface area contributed by atoms with E-state index in [1.165, 1.54) is 11.8 Å². The Kier molecular flexibility index (Phi) is 5.37. The molecule has 2 N–H and O–H groups in total. The average molecular weight is 397 g/mol. The number of amides is 1. The number of nitrogens with one attached hydrogen (secondary N) is 2. The number of halogens is 5. The summed E-state index contributed by atoms with van der Waals surface area (Å²) < 4.78 is 88.7. The number of anilines is 1. The molecule has 0 aliphatic carbocycles. The highest BCUT2D eigenvalue weighted by atomic mass is 32.2. The fraction of sp³-hybridized carbons (Fsp3) is 0.214. The predicted molar refractivity (Wildman–Crippen MR) is 81.0 cm³/mol. The first-order valence-corrected chi connectivity index (χ1v) is 8.36. The Morgan fingerprint density at radius 2 is 1.81 bits per heavy atom. The van der Waals surface area contributed by atoms with Crippen molar-refractivity contribution in [2.45, 2.75) is 11.1 Å². The molecule has 0 aliphatic rings. The van der Waals surface area contributed by atoms with Crippen LogP contribution in [0.3, 0.4) is 0 Å². The van der Waals surface area contributed by atoms with Crippen LogP contribution < -0.4 is 10.0 Å². The monoisotopic (exact) mass is 397 g/mol. The quantitative estimate of drug-likeness (QED) is 0.761. The molecule has 6 nitrogen and oxygen atoms in total. The number of carbonyl (C=O) groups is 1. The molecule has 0 fully saturated rings. The second-order valence-corrected chi connectivity index (χ2v) is 6.96. The van der Waals surface area contributed by atoms with Crippen LogP contribution in [0.15, 0.2) is 35.4 Å².